The van der Waals surface area contributed by atoms with Crippen LogP contribution in [0.2, 0.25) is 0 Å². The van der Waals surface area contributed by atoms with Crippen molar-refractivity contribution < 1.29 is 9.90 Å². The maximum absolute atomic E-state index is 11.2. The molecular weight excluding hydrogens is 396 g/mol. The molecule has 5 heteroatoms. The summed E-state index contributed by atoms with van der Waals surface area (Å²) in [6.45, 7) is 8.29. The van der Waals surface area contributed by atoms with E-state index in [1.165, 1.54) is 28.1 Å². The zero-order valence-corrected chi connectivity index (χ0v) is 18.8. The summed E-state index contributed by atoms with van der Waals surface area (Å²) in [6.07, 6.45) is 3.72. The fourth-order valence-electron chi connectivity index (χ4n) is 4.89. The van der Waals surface area contributed by atoms with Gasteiger partial charge in [0.25, 0.3) is 0 Å². The molecule has 0 radical (unpaired) electrons. The molecule has 1 N–H and O–H groups in total. The van der Waals surface area contributed by atoms with Crippen LogP contribution in [-0.4, -0.2) is 42.2 Å². The van der Waals surface area contributed by atoms with Crippen molar-refractivity contribution in [3.8, 4) is 0 Å². The molecule has 4 rings (SSSR count). The van der Waals surface area contributed by atoms with Gasteiger partial charge in [-0.1, -0.05) is 37.3 Å². The SMILES string of the molecule is Cc1ccc2c(c1)N(C[C@H](C)CN1CCC(C(=O)O)CC1)c1ccccc1CC2.Cl. The van der Waals surface area contributed by atoms with Crippen molar-refractivity contribution in [3.63, 3.8) is 0 Å². The lowest BCUT2D eigenvalue weighted by atomic mass is 9.96. The summed E-state index contributed by atoms with van der Waals surface area (Å²) in [6, 6.07) is 15.7. The van der Waals surface area contributed by atoms with E-state index in [1.807, 2.05) is 0 Å². The molecule has 2 aromatic carbocycles. The smallest absolute Gasteiger partial charge is 0.306 e. The number of carboxylic acid groups (broad SMARTS) is 1. The summed E-state index contributed by atoms with van der Waals surface area (Å²) >= 11 is 0. The van der Waals surface area contributed by atoms with Gasteiger partial charge in [-0.15, -0.1) is 12.4 Å². The van der Waals surface area contributed by atoms with Gasteiger partial charge in [-0.25, -0.2) is 0 Å². The highest BCUT2D eigenvalue weighted by Crippen LogP contribution is 2.37. The van der Waals surface area contributed by atoms with E-state index in [-0.39, 0.29) is 18.3 Å². The van der Waals surface area contributed by atoms with Gasteiger partial charge < -0.3 is 14.9 Å². The second kappa shape index (κ2) is 9.84. The zero-order valence-electron chi connectivity index (χ0n) is 18.0. The minimum absolute atomic E-state index is 0. The van der Waals surface area contributed by atoms with Crippen LogP contribution in [0.1, 0.15) is 36.5 Å². The molecule has 1 saturated heterocycles. The average Bonchev–Trinajstić information content (AvgIpc) is 2.86. The van der Waals surface area contributed by atoms with Crippen molar-refractivity contribution in [3.05, 3.63) is 59.2 Å². The molecule has 4 nitrogen and oxygen atoms in total. The lowest BCUT2D eigenvalue weighted by molar-refractivity contribution is -0.143. The molecule has 0 aliphatic carbocycles. The monoisotopic (exact) mass is 428 g/mol. The Balaban J connectivity index is 0.00000256. The fraction of sp³-hybridized carbons (Fsp3) is 0.480. The van der Waals surface area contributed by atoms with E-state index in [1.54, 1.807) is 0 Å². The summed E-state index contributed by atoms with van der Waals surface area (Å²) in [4.78, 5) is 16.2. The third kappa shape index (κ3) is 4.98. The highest BCUT2D eigenvalue weighted by molar-refractivity contribution is 5.85. The number of piperidine rings is 1. The molecule has 0 bridgehead atoms. The van der Waals surface area contributed by atoms with Crippen molar-refractivity contribution in [2.75, 3.05) is 31.1 Å². The average molecular weight is 429 g/mol. The number of likely N-dealkylation sites (tertiary alicyclic amines) is 1. The number of anilines is 2. The molecule has 1 atom stereocenters. The first-order valence-corrected chi connectivity index (χ1v) is 10.9. The molecule has 2 aliphatic heterocycles. The highest BCUT2D eigenvalue weighted by Gasteiger charge is 2.27. The van der Waals surface area contributed by atoms with Crippen LogP contribution in [0.4, 0.5) is 11.4 Å². The fourth-order valence-corrected chi connectivity index (χ4v) is 4.89. The van der Waals surface area contributed by atoms with Crippen LogP contribution >= 0.6 is 12.4 Å². The van der Waals surface area contributed by atoms with E-state index in [4.69, 9.17) is 0 Å². The second-order valence-corrected chi connectivity index (χ2v) is 8.89. The van der Waals surface area contributed by atoms with Crippen LogP contribution in [0.3, 0.4) is 0 Å². The number of aryl methyl sites for hydroxylation is 3. The van der Waals surface area contributed by atoms with E-state index in [0.29, 0.717) is 5.92 Å². The van der Waals surface area contributed by atoms with E-state index < -0.39 is 5.97 Å². The summed E-state index contributed by atoms with van der Waals surface area (Å²) in [5, 5.41) is 9.23. The van der Waals surface area contributed by atoms with Gasteiger partial charge in [0.2, 0.25) is 0 Å². The third-order valence-electron chi connectivity index (χ3n) is 6.48. The first-order chi connectivity index (χ1) is 14.0. The lowest BCUT2D eigenvalue weighted by Crippen LogP contribution is -2.40. The number of halogens is 1. The van der Waals surface area contributed by atoms with Crippen molar-refractivity contribution in [2.24, 2.45) is 11.8 Å². The van der Waals surface area contributed by atoms with Crippen molar-refractivity contribution >= 4 is 29.8 Å². The van der Waals surface area contributed by atoms with E-state index in [0.717, 1.165) is 51.9 Å². The number of hydrogen-bond donors (Lipinski definition) is 1. The van der Waals surface area contributed by atoms with E-state index >= 15 is 0 Å². The molecule has 162 valence electrons. The van der Waals surface area contributed by atoms with Gasteiger partial charge >= 0.3 is 5.97 Å². The molecule has 2 heterocycles. The van der Waals surface area contributed by atoms with Gasteiger partial charge in [0, 0.05) is 24.5 Å². The number of hydrogen-bond acceptors (Lipinski definition) is 3. The Labute approximate surface area is 186 Å². The number of benzene rings is 2. The number of carboxylic acids is 1. The molecule has 0 spiro atoms. The summed E-state index contributed by atoms with van der Waals surface area (Å²) in [5.41, 5.74) is 6.85. The molecule has 2 aliphatic rings. The molecule has 1 fully saturated rings. The summed E-state index contributed by atoms with van der Waals surface area (Å²) in [7, 11) is 0. The predicted octanol–water partition coefficient (Wildman–Crippen LogP) is 5.09. The van der Waals surface area contributed by atoms with Crippen LogP contribution in [-0.2, 0) is 17.6 Å². The highest BCUT2D eigenvalue weighted by atomic mass is 35.5. The third-order valence-corrected chi connectivity index (χ3v) is 6.48. The number of fused-ring (bicyclic) bond motifs is 2. The van der Waals surface area contributed by atoms with Gasteiger partial charge in [0.05, 0.1) is 5.92 Å². The van der Waals surface area contributed by atoms with Gasteiger partial charge in [-0.2, -0.15) is 0 Å². The molecular formula is C25H33ClN2O2. The Morgan fingerprint density at radius 2 is 1.70 bits per heavy atom. The summed E-state index contributed by atoms with van der Waals surface area (Å²) < 4.78 is 0. The molecule has 0 aromatic heterocycles. The predicted molar refractivity (Wildman–Crippen MR) is 125 cm³/mol. The normalized spacial score (nSPS) is 18.0. The minimum Gasteiger partial charge on any atom is -0.481 e. The van der Waals surface area contributed by atoms with Crippen LogP contribution in [0.15, 0.2) is 42.5 Å². The Kier molecular flexibility index (Phi) is 7.43. The minimum atomic E-state index is -0.633. The lowest BCUT2D eigenvalue weighted by Gasteiger charge is -2.35. The molecule has 2 aromatic rings. The first-order valence-electron chi connectivity index (χ1n) is 10.9. The van der Waals surface area contributed by atoms with E-state index in [9.17, 15) is 9.90 Å². The first kappa shape index (κ1) is 22.6. The van der Waals surface area contributed by atoms with Crippen LogP contribution in [0.5, 0.6) is 0 Å². The van der Waals surface area contributed by atoms with Gasteiger partial charge in [-0.05, 0) is 80.4 Å². The van der Waals surface area contributed by atoms with Gasteiger partial charge in [0.15, 0.2) is 0 Å². The zero-order chi connectivity index (χ0) is 20.4. The molecule has 0 unspecified atom stereocenters. The van der Waals surface area contributed by atoms with Crippen molar-refractivity contribution in [1.82, 2.24) is 4.90 Å². The van der Waals surface area contributed by atoms with Crippen LogP contribution in [0, 0.1) is 18.8 Å². The van der Waals surface area contributed by atoms with Crippen molar-refractivity contribution in [1.29, 1.82) is 0 Å². The largest absolute Gasteiger partial charge is 0.481 e. The Hall–Kier alpha value is -2.04. The van der Waals surface area contributed by atoms with Crippen LogP contribution < -0.4 is 4.90 Å². The van der Waals surface area contributed by atoms with Gasteiger partial charge in [0.1, 0.15) is 0 Å². The Morgan fingerprint density at radius 1 is 1.03 bits per heavy atom. The second-order valence-electron chi connectivity index (χ2n) is 8.89. The number of rotatable bonds is 5. The topological polar surface area (TPSA) is 43.8 Å². The van der Waals surface area contributed by atoms with Gasteiger partial charge in [-0.3, -0.25) is 4.79 Å². The maximum atomic E-state index is 11.2. The number of nitrogens with zero attached hydrogens (tertiary/aromatic N) is 2. The number of carbonyl (C=O) groups is 1. The maximum Gasteiger partial charge on any atom is 0.306 e. The molecule has 0 amide bonds. The standard InChI is InChI=1S/C25H32N2O2.ClH/c1-18-7-8-21-10-9-20-5-3-4-6-23(20)27(24(21)15-18)17-19(2)16-26-13-11-22(12-14-26)25(28)29;/h3-8,15,19,22H,9-14,16-17H2,1-2H3,(H,28,29);1H/t19-;/m1./s1. The van der Waals surface area contributed by atoms with E-state index in [2.05, 4.69) is 66.1 Å². The molecule has 0 saturated carbocycles. The summed E-state index contributed by atoms with van der Waals surface area (Å²) in [5.74, 6) is -0.296. The van der Waals surface area contributed by atoms with Crippen LogP contribution in [0.25, 0.3) is 0 Å². The number of aliphatic carboxylic acids is 1. The molecule has 30 heavy (non-hydrogen) atoms. The Morgan fingerprint density at radius 3 is 2.40 bits per heavy atom. The van der Waals surface area contributed by atoms with Crippen molar-refractivity contribution in [2.45, 2.75) is 39.5 Å². The quantitative estimate of drug-likeness (QED) is 0.720. The number of para-hydroxylation sites is 1. The Bertz CT molecular complexity index is 877.